The van der Waals surface area contributed by atoms with Gasteiger partial charge >= 0.3 is 12.1 Å². The van der Waals surface area contributed by atoms with Crippen molar-refractivity contribution in [1.29, 1.82) is 0 Å². The Bertz CT molecular complexity index is 495. The van der Waals surface area contributed by atoms with E-state index in [1.165, 1.54) is 17.2 Å². The fourth-order valence-electron chi connectivity index (χ4n) is 2.17. The zero-order valence-electron chi connectivity index (χ0n) is 9.56. The summed E-state index contributed by atoms with van der Waals surface area (Å²) in [5.41, 5.74) is 0. The van der Waals surface area contributed by atoms with Gasteiger partial charge in [-0.2, -0.15) is 13.2 Å². The van der Waals surface area contributed by atoms with Crippen LogP contribution in [-0.4, -0.2) is 35.3 Å². The largest absolute Gasteiger partial charge is 0.481 e. The van der Waals surface area contributed by atoms with E-state index in [1.54, 1.807) is 6.07 Å². The molecule has 0 amide bonds. The van der Waals surface area contributed by atoms with Crippen LogP contribution >= 0.6 is 11.6 Å². The second-order valence-corrected chi connectivity index (χ2v) is 4.71. The van der Waals surface area contributed by atoms with Crippen molar-refractivity contribution in [2.75, 3.05) is 18.0 Å². The van der Waals surface area contributed by atoms with Crippen LogP contribution in [0.4, 0.5) is 19.0 Å². The van der Waals surface area contributed by atoms with Crippen molar-refractivity contribution < 1.29 is 23.1 Å². The molecule has 2 rings (SSSR count). The zero-order valence-corrected chi connectivity index (χ0v) is 10.3. The molecule has 2 heterocycles. The average molecular weight is 295 g/mol. The third-order valence-electron chi connectivity index (χ3n) is 3.10. The summed E-state index contributed by atoms with van der Waals surface area (Å²) in [7, 11) is 0. The molecule has 1 fully saturated rings. The number of alkyl halides is 3. The van der Waals surface area contributed by atoms with Gasteiger partial charge in [-0.1, -0.05) is 11.6 Å². The summed E-state index contributed by atoms with van der Waals surface area (Å²) in [6.45, 7) is -0.701. The second-order valence-electron chi connectivity index (χ2n) is 4.31. The first-order valence-electron chi connectivity index (χ1n) is 5.45. The third-order valence-corrected chi connectivity index (χ3v) is 3.39. The molecular formula is C11H10ClF3N2O2. The van der Waals surface area contributed by atoms with E-state index in [0.29, 0.717) is 0 Å². The Hall–Kier alpha value is -1.50. The highest BCUT2D eigenvalue weighted by Gasteiger charge is 2.53. The molecule has 2 atom stereocenters. The van der Waals surface area contributed by atoms with Gasteiger partial charge in [0, 0.05) is 19.3 Å². The summed E-state index contributed by atoms with van der Waals surface area (Å²) in [5, 5.41) is 9.10. The van der Waals surface area contributed by atoms with Crippen LogP contribution in [0.2, 0.25) is 5.02 Å². The summed E-state index contributed by atoms with van der Waals surface area (Å²) < 4.78 is 38.5. The summed E-state index contributed by atoms with van der Waals surface area (Å²) >= 11 is 5.86. The SMILES string of the molecule is O=C(O)[C@@H]1CN(c2ncccc2Cl)C[C@H]1C(F)(F)F. The number of carbonyl (C=O) groups is 1. The molecule has 0 radical (unpaired) electrons. The van der Waals surface area contributed by atoms with E-state index >= 15 is 0 Å². The molecule has 0 spiro atoms. The standard InChI is InChI=1S/C11H10ClF3N2O2/c12-8-2-1-3-16-9(8)17-4-6(10(18)19)7(5-17)11(13,14)15/h1-3,6-7H,4-5H2,(H,18,19)/t6-,7-/m1/s1. The van der Waals surface area contributed by atoms with Crippen molar-refractivity contribution >= 4 is 23.4 Å². The Morgan fingerprint density at radius 1 is 1.47 bits per heavy atom. The first-order chi connectivity index (χ1) is 8.80. The lowest BCUT2D eigenvalue weighted by molar-refractivity contribution is -0.187. The number of anilines is 1. The summed E-state index contributed by atoms with van der Waals surface area (Å²) in [6.07, 6.45) is -3.16. The van der Waals surface area contributed by atoms with Crippen molar-refractivity contribution in [2.45, 2.75) is 6.18 Å². The van der Waals surface area contributed by atoms with Crippen LogP contribution in [0.5, 0.6) is 0 Å². The van der Waals surface area contributed by atoms with Crippen molar-refractivity contribution in [3.05, 3.63) is 23.4 Å². The van der Waals surface area contributed by atoms with Crippen LogP contribution < -0.4 is 4.90 Å². The van der Waals surface area contributed by atoms with E-state index in [1.807, 2.05) is 0 Å². The topological polar surface area (TPSA) is 53.4 Å². The molecule has 1 aliphatic heterocycles. The van der Waals surface area contributed by atoms with Gasteiger partial charge in [0.25, 0.3) is 0 Å². The minimum absolute atomic E-state index is 0.183. The number of nitrogens with zero attached hydrogens (tertiary/aromatic N) is 2. The number of carboxylic acids is 1. The molecule has 4 nitrogen and oxygen atoms in total. The van der Waals surface area contributed by atoms with Gasteiger partial charge in [-0.3, -0.25) is 4.79 Å². The van der Waals surface area contributed by atoms with Gasteiger partial charge < -0.3 is 10.0 Å². The molecule has 1 aromatic heterocycles. The summed E-state index contributed by atoms with van der Waals surface area (Å²) in [4.78, 5) is 16.1. The van der Waals surface area contributed by atoms with Gasteiger partial charge in [0.15, 0.2) is 0 Å². The number of hydrogen-bond donors (Lipinski definition) is 1. The molecule has 0 aromatic carbocycles. The zero-order chi connectivity index (χ0) is 14.2. The monoisotopic (exact) mass is 294 g/mol. The minimum Gasteiger partial charge on any atom is -0.481 e. The number of pyridine rings is 1. The van der Waals surface area contributed by atoms with Crippen LogP contribution in [0.25, 0.3) is 0 Å². The Kier molecular flexibility index (Phi) is 3.58. The number of hydrogen-bond acceptors (Lipinski definition) is 3. The number of aromatic nitrogens is 1. The second kappa shape index (κ2) is 4.88. The molecule has 1 saturated heterocycles. The van der Waals surface area contributed by atoms with Crippen molar-refractivity contribution in [2.24, 2.45) is 11.8 Å². The molecule has 0 unspecified atom stereocenters. The van der Waals surface area contributed by atoms with Gasteiger partial charge in [0.1, 0.15) is 5.82 Å². The van der Waals surface area contributed by atoms with Crippen LogP contribution in [0.15, 0.2) is 18.3 Å². The number of halogens is 4. The Morgan fingerprint density at radius 3 is 2.63 bits per heavy atom. The molecule has 0 saturated carbocycles. The third kappa shape index (κ3) is 2.75. The molecule has 0 aliphatic carbocycles. The predicted octanol–water partition coefficient (Wildman–Crippen LogP) is 2.43. The lowest BCUT2D eigenvalue weighted by Crippen LogP contribution is -2.33. The van der Waals surface area contributed by atoms with E-state index in [2.05, 4.69) is 4.98 Å². The summed E-state index contributed by atoms with van der Waals surface area (Å²) in [6, 6.07) is 3.05. The normalized spacial score (nSPS) is 23.7. The van der Waals surface area contributed by atoms with Gasteiger partial charge in [-0.25, -0.2) is 4.98 Å². The Morgan fingerprint density at radius 2 is 2.16 bits per heavy atom. The maximum atomic E-state index is 12.8. The van der Waals surface area contributed by atoms with Crippen LogP contribution in [0, 0.1) is 11.8 Å². The highest BCUT2D eigenvalue weighted by atomic mass is 35.5. The Labute approximate surface area is 111 Å². The number of carboxylic acid groups (broad SMARTS) is 1. The molecular weight excluding hydrogens is 285 g/mol. The first-order valence-corrected chi connectivity index (χ1v) is 5.83. The molecule has 1 N–H and O–H groups in total. The molecule has 19 heavy (non-hydrogen) atoms. The van der Waals surface area contributed by atoms with Crippen molar-refractivity contribution in [3.63, 3.8) is 0 Å². The fourth-order valence-corrected chi connectivity index (χ4v) is 2.41. The maximum Gasteiger partial charge on any atom is 0.394 e. The van der Waals surface area contributed by atoms with Gasteiger partial charge in [0.2, 0.25) is 0 Å². The molecule has 1 aromatic rings. The first kappa shape index (κ1) is 13.9. The van der Waals surface area contributed by atoms with E-state index in [0.717, 1.165) is 0 Å². The Balaban J connectivity index is 2.28. The maximum absolute atomic E-state index is 12.8. The van der Waals surface area contributed by atoms with Crippen LogP contribution in [0.1, 0.15) is 0 Å². The minimum atomic E-state index is -4.56. The smallest absolute Gasteiger partial charge is 0.394 e. The highest BCUT2D eigenvalue weighted by molar-refractivity contribution is 6.32. The van der Waals surface area contributed by atoms with Gasteiger partial charge in [-0.15, -0.1) is 0 Å². The van der Waals surface area contributed by atoms with Gasteiger partial charge in [-0.05, 0) is 12.1 Å². The average Bonchev–Trinajstić information content (AvgIpc) is 2.74. The van der Waals surface area contributed by atoms with Gasteiger partial charge in [0.05, 0.1) is 16.9 Å². The quantitative estimate of drug-likeness (QED) is 0.910. The van der Waals surface area contributed by atoms with E-state index in [-0.39, 0.29) is 17.4 Å². The molecule has 104 valence electrons. The van der Waals surface area contributed by atoms with Crippen LogP contribution in [-0.2, 0) is 4.79 Å². The highest BCUT2D eigenvalue weighted by Crippen LogP contribution is 2.40. The molecule has 8 heteroatoms. The van der Waals surface area contributed by atoms with E-state index < -0.39 is 30.5 Å². The lowest BCUT2D eigenvalue weighted by atomic mass is 9.96. The van der Waals surface area contributed by atoms with Crippen molar-refractivity contribution in [3.8, 4) is 0 Å². The number of rotatable bonds is 2. The number of aliphatic carboxylic acids is 1. The van der Waals surface area contributed by atoms with Crippen LogP contribution in [0.3, 0.4) is 0 Å². The fraction of sp³-hybridized carbons (Fsp3) is 0.455. The van der Waals surface area contributed by atoms with E-state index in [9.17, 15) is 18.0 Å². The predicted molar refractivity (Wildman–Crippen MR) is 62.1 cm³/mol. The summed E-state index contributed by atoms with van der Waals surface area (Å²) in [5.74, 6) is -4.69. The molecule has 1 aliphatic rings. The lowest BCUT2D eigenvalue weighted by Gasteiger charge is -2.19. The molecule has 0 bridgehead atoms. The van der Waals surface area contributed by atoms with E-state index in [4.69, 9.17) is 16.7 Å². The van der Waals surface area contributed by atoms with Crippen molar-refractivity contribution in [1.82, 2.24) is 4.98 Å².